The van der Waals surface area contributed by atoms with Crippen LogP contribution in [0, 0.1) is 0 Å². The number of aliphatic hydroxyl groups excluding tert-OH is 2. The highest BCUT2D eigenvalue weighted by Gasteiger charge is 2.52. The molecule has 3 heterocycles. The quantitative estimate of drug-likeness (QED) is 0.489. The van der Waals surface area contributed by atoms with Crippen LogP contribution in [0.2, 0.25) is 0 Å². The Bertz CT molecular complexity index is 675. The van der Waals surface area contributed by atoms with Gasteiger partial charge in [0, 0.05) is 0 Å². The van der Waals surface area contributed by atoms with Gasteiger partial charge in [-0.25, -0.2) is 15.0 Å². The average molecular weight is 346 g/mol. The Morgan fingerprint density at radius 3 is 2.75 bits per heavy atom. The summed E-state index contributed by atoms with van der Waals surface area (Å²) in [6.45, 7) is 1.26. The van der Waals surface area contributed by atoms with Crippen molar-refractivity contribution in [3.63, 3.8) is 0 Å². The molecule has 0 spiro atoms. The van der Waals surface area contributed by atoms with Crippen LogP contribution >= 0.6 is 15.9 Å². The van der Waals surface area contributed by atoms with Gasteiger partial charge < -0.3 is 25.8 Å². The van der Waals surface area contributed by atoms with E-state index in [9.17, 15) is 15.3 Å². The highest BCUT2D eigenvalue weighted by molar-refractivity contribution is 9.10. The lowest BCUT2D eigenvalue weighted by Gasteiger charge is -2.20. The minimum absolute atomic E-state index is 0.175. The molecule has 9 nitrogen and oxygen atoms in total. The third-order valence-corrected chi connectivity index (χ3v) is 3.80. The molecule has 10 heteroatoms. The molecule has 0 radical (unpaired) electrons. The molecule has 0 saturated carbocycles. The van der Waals surface area contributed by atoms with Gasteiger partial charge in [0.2, 0.25) is 0 Å². The summed E-state index contributed by atoms with van der Waals surface area (Å²) in [6.07, 6.45) is -2.63. The van der Waals surface area contributed by atoms with E-state index in [1.54, 1.807) is 0 Å². The third-order valence-electron chi connectivity index (χ3n) is 3.24. The summed E-state index contributed by atoms with van der Waals surface area (Å²) < 4.78 is 6.97. The summed E-state index contributed by atoms with van der Waals surface area (Å²) in [7, 11) is 0. The lowest BCUT2D eigenvalue weighted by Crippen LogP contribution is -2.40. The van der Waals surface area contributed by atoms with Crippen LogP contribution in [0.5, 0.6) is 0 Å². The molecule has 4 atom stereocenters. The largest absolute Gasteiger partial charge is 0.385 e. The van der Waals surface area contributed by atoms with Crippen molar-refractivity contribution in [1.29, 1.82) is 0 Å². The van der Waals surface area contributed by atoms with Crippen molar-refractivity contribution < 1.29 is 20.1 Å². The first kappa shape index (κ1) is 13.6. The van der Waals surface area contributed by atoms with Crippen molar-refractivity contribution in [2.75, 3.05) is 5.73 Å². The molecule has 1 saturated heterocycles. The maximum absolute atomic E-state index is 10.0. The predicted octanol–water partition coefficient (Wildman–Crippen LogP) is -0.870. The van der Waals surface area contributed by atoms with Gasteiger partial charge in [-0.15, -0.1) is 0 Å². The van der Waals surface area contributed by atoms with Crippen molar-refractivity contribution in [2.45, 2.75) is 31.1 Å². The molecule has 1 aliphatic heterocycles. The van der Waals surface area contributed by atoms with E-state index in [0.717, 1.165) is 0 Å². The van der Waals surface area contributed by atoms with Crippen LogP contribution in [0.4, 0.5) is 5.82 Å². The number of halogens is 1. The zero-order valence-corrected chi connectivity index (χ0v) is 11.9. The summed E-state index contributed by atoms with van der Waals surface area (Å²) in [5.41, 5.74) is 6.35. The molecule has 1 fully saturated rings. The Hall–Kier alpha value is -1.33. The number of nitrogens with zero attached hydrogens (tertiary/aromatic N) is 4. The zero-order valence-electron chi connectivity index (χ0n) is 10.3. The van der Waals surface area contributed by atoms with Crippen LogP contribution in [0.25, 0.3) is 11.2 Å². The Kier molecular flexibility index (Phi) is 2.95. The summed E-state index contributed by atoms with van der Waals surface area (Å²) in [6, 6.07) is 0. The molecule has 2 aromatic heterocycles. The molecule has 0 aliphatic carbocycles. The first-order valence-corrected chi connectivity index (χ1v) is 6.52. The Labute approximate surface area is 121 Å². The molecule has 0 bridgehead atoms. The number of fused-ring (bicyclic) bond motifs is 1. The van der Waals surface area contributed by atoms with Crippen LogP contribution in [-0.4, -0.2) is 52.8 Å². The molecule has 1 aliphatic rings. The van der Waals surface area contributed by atoms with Gasteiger partial charge >= 0.3 is 0 Å². The van der Waals surface area contributed by atoms with Crippen LogP contribution in [0.3, 0.4) is 0 Å². The van der Waals surface area contributed by atoms with Gasteiger partial charge in [-0.1, -0.05) is 0 Å². The van der Waals surface area contributed by atoms with Crippen LogP contribution in [-0.2, 0) is 4.74 Å². The Morgan fingerprint density at radius 2 is 2.15 bits per heavy atom. The molecule has 5 N–H and O–H groups in total. The van der Waals surface area contributed by atoms with Gasteiger partial charge in [0.05, 0.1) is 0 Å². The minimum atomic E-state index is -1.88. The highest BCUT2D eigenvalue weighted by Crippen LogP contribution is 2.38. The van der Waals surface area contributed by atoms with Gasteiger partial charge in [0.15, 0.2) is 33.7 Å². The molecule has 3 rings (SSSR count). The van der Waals surface area contributed by atoms with Crippen LogP contribution in [0.15, 0.2) is 11.1 Å². The second kappa shape index (κ2) is 4.33. The van der Waals surface area contributed by atoms with Gasteiger partial charge in [-0.2, -0.15) is 0 Å². The van der Waals surface area contributed by atoms with Crippen molar-refractivity contribution in [3.8, 4) is 0 Å². The number of nitrogens with two attached hydrogens (primary N) is 1. The Balaban J connectivity index is 2.16. The summed E-state index contributed by atoms with van der Waals surface area (Å²) in [5.74, 6) is -1.70. The number of ether oxygens (including phenoxy) is 1. The third kappa shape index (κ3) is 1.80. The van der Waals surface area contributed by atoms with Crippen LogP contribution < -0.4 is 5.73 Å². The van der Waals surface area contributed by atoms with Gasteiger partial charge in [-0.05, 0) is 22.9 Å². The first-order chi connectivity index (χ1) is 9.33. The van der Waals surface area contributed by atoms with Gasteiger partial charge in [0.25, 0.3) is 0 Å². The number of aromatic nitrogens is 4. The zero-order chi connectivity index (χ0) is 14.7. The van der Waals surface area contributed by atoms with E-state index in [2.05, 4.69) is 30.9 Å². The molecule has 20 heavy (non-hydrogen) atoms. The van der Waals surface area contributed by atoms with Crippen molar-refractivity contribution in [2.24, 2.45) is 0 Å². The summed E-state index contributed by atoms with van der Waals surface area (Å²) >= 11 is 3.21. The maximum atomic E-state index is 10.0. The molecule has 108 valence electrons. The summed E-state index contributed by atoms with van der Waals surface area (Å²) in [4.78, 5) is 12.0. The highest BCUT2D eigenvalue weighted by atomic mass is 79.9. The van der Waals surface area contributed by atoms with E-state index >= 15 is 0 Å². The molecular formula is C10H12BrN5O4. The number of hydrogen-bond acceptors (Lipinski definition) is 8. The molecule has 2 aromatic rings. The SMILES string of the molecule is C[C@]1(O)O[C@@H](n2c(Br)nc3c(N)ncnc32)[C@@H](O)[C@H]1O. The number of rotatable bonds is 1. The number of anilines is 1. The first-order valence-electron chi connectivity index (χ1n) is 5.73. The number of nitrogen functional groups attached to an aromatic ring is 1. The second-order valence-electron chi connectivity index (χ2n) is 4.68. The summed E-state index contributed by atoms with van der Waals surface area (Å²) in [5, 5.41) is 29.7. The van der Waals surface area contributed by atoms with E-state index in [-0.39, 0.29) is 10.6 Å². The monoisotopic (exact) mass is 345 g/mol. The van der Waals surface area contributed by atoms with E-state index in [4.69, 9.17) is 10.5 Å². The van der Waals surface area contributed by atoms with Crippen LogP contribution in [0.1, 0.15) is 13.2 Å². The average Bonchev–Trinajstić information content (AvgIpc) is 2.80. The predicted molar refractivity (Wildman–Crippen MR) is 70.2 cm³/mol. The van der Waals surface area contributed by atoms with E-state index in [0.29, 0.717) is 11.2 Å². The van der Waals surface area contributed by atoms with Gasteiger partial charge in [0.1, 0.15) is 18.5 Å². The molecule has 0 amide bonds. The molecule has 0 unspecified atom stereocenters. The van der Waals surface area contributed by atoms with Crippen molar-refractivity contribution in [1.82, 2.24) is 19.5 Å². The number of hydrogen-bond donors (Lipinski definition) is 4. The van der Waals surface area contributed by atoms with E-state index < -0.39 is 24.2 Å². The fraction of sp³-hybridized carbons (Fsp3) is 0.500. The normalized spacial score (nSPS) is 34.0. The molecular weight excluding hydrogens is 334 g/mol. The number of aliphatic hydroxyl groups is 3. The van der Waals surface area contributed by atoms with E-state index in [1.807, 2.05) is 0 Å². The van der Waals surface area contributed by atoms with Crippen molar-refractivity contribution in [3.05, 3.63) is 11.1 Å². The lowest BCUT2D eigenvalue weighted by atomic mass is 10.1. The topological polar surface area (TPSA) is 140 Å². The number of imidazole rings is 1. The smallest absolute Gasteiger partial charge is 0.194 e. The second-order valence-corrected chi connectivity index (χ2v) is 5.39. The fourth-order valence-corrected chi connectivity index (χ4v) is 2.73. The standard InChI is InChI=1S/C10H12BrN5O4/c1-10(19)5(18)4(17)8(20-10)16-7-3(15-9(16)11)6(12)13-2-14-7/h2,4-5,8,17-19H,1H3,(H2,12,13,14)/t4-,5+,8+,10-/m0/s1. The lowest BCUT2D eigenvalue weighted by molar-refractivity contribution is -0.224. The minimum Gasteiger partial charge on any atom is -0.385 e. The van der Waals surface area contributed by atoms with Crippen molar-refractivity contribution >= 4 is 32.9 Å². The molecule has 0 aromatic carbocycles. The fourth-order valence-electron chi connectivity index (χ4n) is 2.19. The van der Waals surface area contributed by atoms with Gasteiger partial charge in [-0.3, -0.25) is 4.57 Å². The maximum Gasteiger partial charge on any atom is 0.194 e. The van der Waals surface area contributed by atoms with E-state index in [1.165, 1.54) is 17.8 Å². The Morgan fingerprint density at radius 1 is 1.45 bits per heavy atom.